The third-order valence-corrected chi connectivity index (χ3v) is 5.71. The van der Waals surface area contributed by atoms with E-state index < -0.39 is 0 Å². The van der Waals surface area contributed by atoms with Crippen molar-refractivity contribution >= 4 is 28.5 Å². The van der Waals surface area contributed by atoms with E-state index in [0.29, 0.717) is 11.1 Å². The Morgan fingerprint density at radius 2 is 1.03 bits per heavy atom. The average Bonchev–Trinajstić information content (AvgIpc) is 3.05. The van der Waals surface area contributed by atoms with Crippen molar-refractivity contribution in [3.8, 4) is 0 Å². The summed E-state index contributed by atoms with van der Waals surface area (Å²) >= 11 is 0. The summed E-state index contributed by atoms with van der Waals surface area (Å²) in [7, 11) is 8.02. The largest absolute Gasteiger partial charge is 0.378 e. The average molecular weight is 423 g/mol. The number of carbonyl (C=O) groups excluding carboxylic acids is 2. The molecule has 0 N–H and O–H groups in total. The topological polar surface area (TPSA) is 40.6 Å². The summed E-state index contributed by atoms with van der Waals surface area (Å²) < 4.78 is 0. The summed E-state index contributed by atoms with van der Waals surface area (Å²) in [5, 5.41) is 0. The number of carbonyl (C=O) groups is 2. The Hall–Kier alpha value is -3.92. The zero-order chi connectivity index (χ0) is 22.8. The molecule has 0 saturated heterocycles. The molecule has 3 aromatic rings. The molecule has 160 valence electrons. The molecular formula is C28H26N2O2. The van der Waals surface area contributed by atoms with E-state index in [-0.39, 0.29) is 17.1 Å². The number of fused-ring (bicyclic) bond motifs is 1. The first-order valence-corrected chi connectivity index (χ1v) is 10.5. The summed E-state index contributed by atoms with van der Waals surface area (Å²) in [4.78, 5) is 29.7. The molecule has 0 unspecified atom stereocenters. The van der Waals surface area contributed by atoms with Crippen molar-refractivity contribution in [2.75, 3.05) is 38.0 Å². The molecule has 4 nitrogen and oxygen atoms in total. The lowest BCUT2D eigenvalue weighted by atomic mass is 9.96. The Balaban J connectivity index is 1.79. The first kappa shape index (κ1) is 21.3. The number of nitrogens with zero attached hydrogens (tertiary/aromatic N) is 2. The van der Waals surface area contributed by atoms with Crippen LogP contribution in [0.25, 0.3) is 5.57 Å². The van der Waals surface area contributed by atoms with Gasteiger partial charge in [0.25, 0.3) is 0 Å². The summed E-state index contributed by atoms with van der Waals surface area (Å²) in [5.41, 5.74) is 6.34. The molecule has 0 atom stereocenters. The maximum atomic E-state index is 12.8. The normalized spacial score (nSPS) is 12.4. The van der Waals surface area contributed by atoms with E-state index in [1.54, 1.807) is 30.3 Å². The molecule has 4 heteroatoms. The van der Waals surface area contributed by atoms with Crippen molar-refractivity contribution in [1.82, 2.24) is 0 Å². The minimum atomic E-state index is -0.216. The molecule has 0 spiro atoms. The first-order valence-electron chi connectivity index (χ1n) is 10.5. The maximum Gasteiger partial charge on any atom is 0.197 e. The van der Waals surface area contributed by atoms with Gasteiger partial charge in [-0.15, -0.1) is 0 Å². The molecule has 0 bridgehead atoms. The number of Topliss-reactive ketones (excluding diaryl/α,β-unsaturated/α-hetero) is 2. The van der Waals surface area contributed by atoms with Crippen LogP contribution < -0.4 is 9.80 Å². The van der Waals surface area contributed by atoms with Crippen molar-refractivity contribution in [3.05, 3.63) is 113 Å². The summed E-state index contributed by atoms with van der Waals surface area (Å²) in [5.74, 6) is -0.431. The third-order valence-electron chi connectivity index (χ3n) is 5.71. The van der Waals surface area contributed by atoms with Gasteiger partial charge in [-0.25, -0.2) is 0 Å². The van der Waals surface area contributed by atoms with Crippen molar-refractivity contribution < 1.29 is 9.59 Å². The van der Waals surface area contributed by atoms with Crippen LogP contribution in [0.1, 0.15) is 31.8 Å². The quantitative estimate of drug-likeness (QED) is 0.416. The predicted molar refractivity (Wildman–Crippen MR) is 132 cm³/mol. The van der Waals surface area contributed by atoms with E-state index in [0.717, 1.165) is 28.1 Å². The minimum Gasteiger partial charge on any atom is -0.378 e. The maximum absolute atomic E-state index is 12.8. The lowest BCUT2D eigenvalue weighted by molar-refractivity contribution is 0.0989. The van der Waals surface area contributed by atoms with Gasteiger partial charge in [0, 0.05) is 50.7 Å². The van der Waals surface area contributed by atoms with Gasteiger partial charge < -0.3 is 9.80 Å². The summed E-state index contributed by atoms with van der Waals surface area (Å²) in [6, 6.07) is 23.5. The molecule has 0 fully saturated rings. The van der Waals surface area contributed by atoms with Crippen LogP contribution >= 0.6 is 0 Å². The number of hydrogen-bond acceptors (Lipinski definition) is 4. The van der Waals surface area contributed by atoms with Gasteiger partial charge in [-0.2, -0.15) is 0 Å². The van der Waals surface area contributed by atoms with Gasteiger partial charge in [-0.3, -0.25) is 9.59 Å². The van der Waals surface area contributed by atoms with Crippen LogP contribution in [-0.2, 0) is 0 Å². The second kappa shape index (κ2) is 8.67. The van der Waals surface area contributed by atoms with E-state index in [9.17, 15) is 9.59 Å². The molecule has 3 aromatic carbocycles. The molecule has 0 amide bonds. The van der Waals surface area contributed by atoms with Crippen LogP contribution in [0.5, 0.6) is 0 Å². The second-order valence-corrected chi connectivity index (χ2v) is 8.25. The van der Waals surface area contributed by atoms with Crippen LogP contribution in [0, 0.1) is 0 Å². The number of rotatable bonds is 5. The van der Waals surface area contributed by atoms with E-state index in [1.165, 1.54) is 0 Å². The lowest BCUT2D eigenvalue weighted by Gasteiger charge is -2.16. The number of anilines is 2. The molecule has 0 aliphatic heterocycles. The highest BCUT2D eigenvalue weighted by Gasteiger charge is 2.32. The number of hydrogen-bond donors (Lipinski definition) is 0. The highest BCUT2D eigenvalue weighted by atomic mass is 16.2. The highest BCUT2D eigenvalue weighted by Crippen LogP contribution is 2.30. The fraction of sp³-hybridized carbons (Fsp3) is 0.143. The zero-order valence-electron chi connectivity index (χ0n) is 18.8. The van der Waals surface area contributed by atoms with E-state index in [4.69, 9.17) is 0 Å². The number of benzene rings is 3. The van der Waals surface area contributed by atoms with Crippen molar-refractivity contribution in [1.29, 1.82) is 0 Å². The van der Waals surface area contributed by atoms with Crippen LogP contribution in [0.4, 0.5) is 11.4 Å². The van der Waals surface area contributed by atoms with E-state index in [2.05, 4.69) is 48.5 Å². The SMILES string of the molecule is CN(C)c1ccc(C(=CC=C2C(=O)c3ccccc3C2=O)c2ccc(N(C)C)cc2)cc1. The van der Waals surface area contributed by atoms with Crippen LogP contribution in [0.3, 0.4) is 0 Å². The Labute approximate surface area is 189 Å². The molecule has 1 aliphatic rings. The van der Waals surface area contributed by atoms with Gasteiger partial charge in [-0.05, 0) is 47.0 Å². The molecule has 0 saturated carbocycles. The fourth-order valence-electron chi connectivity index (χ4n) is 3.83. The molecule has 1 aliphatic carbocycles. The third kappa shape index (κ3) is 4.00. The molecular weight excluding hydrogens is 396 g/mol. The minimum absolute atomic E-state index is 0.207. The fourth-order valence-corrected chi connectivity index (χ4v) is 3.83. The second-order valence-electron chi connectivity index (χ2n) is 8.25. The van der Waals surface area contributed by atoms with Gasteiger partial charge in [0.05, 0.1) is 5.57 Å². The van der Waals surface area contributed by atoms with Gasteiger partial charge in [0.1, 0.15) is 0 Å². The van der Waals surface area contributed by atoms with Crippen LogP contribution in [0.15, 0.2) is 90.5 Å². The molecule has 0 heterocycles. The van der Waals surface area contributed by atoms with Crippen molar-refractivity contribution in [2.45, 2.75) is 0 Å². The van der Waals surface area contributed by atoms with E-state index in [1.807, 2.05) is 44.1 Å². The van der Waals surface area contributed by atoms with E-state index >= 15 is 0 Å². The lowest BCUT2D eigenvalue weighted by Crippen LogP contribution is -2.08. The summed E-state index contributed by atoms with van der Waals surface area (Å²) in [6.45, 7) is 0. The Kier molecular flexibility index (Phi) is 5.78. The van der Waals surface area contributed by atoms with Gasteiger partial charge in [0.15, 0.2) is 11.6 Å². The smallest absolute Gasteiger partial charge is 0.197 e. The Morgan fingerprint density at radius 1 is 0.625 bits per heavy atom. The Morgan fingerprint density at radius 3 is 1.41 bits per heavy atom. The summed E-state index contributed by atoms with van der Waals surface area (Å²) in [6.07, 6.45) is 3.55. The van der Waals surface area contributed by atoms with Crippen LogP contribution in [-0.4, -0.2) is 39.8 Å². The molecule has 32 heavy (non-hydrogen) atoms. The molecule has 0 aromatic heterocycles. The molecule has 0 radical (unpaired) electrons. The highest BCUT2D eigenvalue weighted by molar-refractivity contribution is 6.39. The van der Waals surface area contributed by atoms with Crippen LogP contribution in [0.2, 0.25) is 0 Å². The van der Waals surface area contributed by atoms with Crippen molar-refractivity contribution in [3.63, 3.8) is 0 Å². The van der Waals surface area contributed by atoms with Gasteiger partial charge in [-0.1, -0.05) is 54.6 Å². The monoisotopic (exact) mass is 422 g/mol. The van der Waals surface area contributed by atoms with Crippen molar-refractivity contribution in [2.24, 2.45) is 0 Å². The zero-order valence-corrected chi connectivity index (χ0v) is 18.8. The standard InChI is InChI=1S/C28H26N2O2/c1-29(2)21-13-9-19(10-14-21)23(20-11-15-22(16-12-20)30(3)4)17-18-26-27(31)24-7-5-6-8-25(24)28(26)32/h5-18H,1-4H3. The Bertz CT molecular complexity index is 1140. The predicted octanol–water partition coefficient (Wildman–Crippen LogP) is 5.26. The first-order chi connectivity index (χ1) is 15.4. The number of ketones is 2. The molecule has 4 rings (SSSR count). The van der Waals surface area contributed by atoms with Gasteiger partial charge in [0.2, 0.25) is 0 Å². The van der Waals surface area contributed by atoms with Gasteiger partial charge >= 0.3 is 0 Å². The number of allylic oxidation sites excluding steroid dienone is 3.